The number of rotatable bonds is 10. The molecule has 7 heteroatoms. The van der Waals surface area contributed by atoms with E-state index in [-0.39, 0.29) is 36.4 Å². The molecule has 1 aliphatic rings. The third-order valence-electron chi connectivity index (χ3n) is 4.23. The summed E-state index contributed by atoms with van der Waals surface area (Å²) in [5.74, 6) is 0.721. The summed E-state index contributed by atoms with van der Waals surface area (Å²) < 4.78 is 5.94. The van der Waals surface area contributed by atoms with Gasteiger partial charge in [-0.2, -0.15) is 0 Å². The van der Waals surface area contributed by atoms with E-state index in [9.17, 15) is 4.79 Å². The van der Waals surface area contributed by atoms with Crippen LogP contribution >= 0.6 is 24.0 Å². The average molecular weight is 468 g/mol. The van der Waals surface area contributed by atoms with Crippen molar-refractivity contribution in [1.82, 2.24) is 15.5 Å². The highest BCUT2D eigenvalue weighted by Crippen LogP contribution is 2.20. The molecule has 25 heavy (non-hydrogen) atoms. The Bertz CT molecular complexity index is 372. The minimum Gasteiger partial charge on any atom is -0.378 e. The van der Waals surface area contributed by atoms with Gasteiger partial charge in [0.25, 0.3) is 0 Å². The lowest BCUT2D eigenvalue weighted by Crippen LogP contribution is -2.38. The zero-order chi connectivity index (χ0) is 17.6. The van der Waals surface area contributed by atoms with Gasteiger partial charge in [-0.25, -0.2) is 4.99 Å². The lowest BCUT2D eigenvalue weighted by atomic mass is 9.98. The van der Waals surface area contributed by atoms with Gasteiger partial charge in [-0.05, 0) is 39.0 Å². The first kappa shape index (κ1) is 24.4. The summed E-state index contributed by atoms with van der Waals surface area (Å²) in [5, 5.41) is 6.45. The molecule has 0 unspecified atom stereocenters. The van der Waals surface area contributed by atoms with Crippen LogP contribution in [0.5, 0.6) is 0 Å². The Labute approximate surface area is 170 Å². The summed E-state index contributed by atoms with van der Waals surface area (Å²) in [7, 11) is 3.49. The van der Waals surface area contributed by atoms with Crippen LogP contribution in [0.15, 0.2) is 4.99 Å². The van der Waals surface area contributed by atoms with Gasteiger partial charge < -0.3 is 20.3 Å². The number of carbonyl (C=O) groups excluding carboxylic acids is 1. The zero-order valence-electron chi connectivity index (χ0n) is 16.2. The molecule has 1 saturated carbocycles. The first-order chi connectivity index (χ1) is 11.6. The van der Waals surface area contributed by atoms with Crippen molar-refractivity contribution in [2.75, 3.05) is 40.3 Å². The zero-order valence-corrected chi connectivity index (χ0v) is 18.5. The normalized spacial score (nSPS) is 15.4. The second-order valence-electron chi connectivity index (χ2n) is 6.60. The van der Waals surface area contributed by atoms with Crippen molar-refractivity contribution in [1.29, 1.82) is 0 Å². The van der Waals surface area contributed by atoms with E-state index in [1.54, 1.807) is 19.0 Å². The molecule has 1 rings (SSSR count). The number of carbonyl (C=O) groups is 1. The van der Waals surface area contributed by atoms with Crippen molar-refractivity contribution in [2.24, 2.45) is 4.99 Å². The number of hydrogen-bond acceptors (Lipinski definition) is 3. The van der Waals surface area contributed by atoms with E-state index < -0.39 is 0 Å². The first-order valence-corrected chi connectivity index (χ1v) is 9.47. The molecule has 0 aromatic carbocycles. The number of ether oxygens (including phenoxy) is 1. The Balaban J connectivity index is 0.00000576. The van der Waals surface area contributed by atoms with Crippen LogP contribution in [0.25, 0.3) is 0 Å². The molecular weight excluding hydrogens is 431 g/mol. The maximum absolute atomic E-state index is 11.6. The highest BCUT2D eigenvalue weighted by atomic mass is 127. The monoisotopic (exact) mass is 468 g/mol. The number of halogens is 1. The van der Waals surface area contributed by atoms with Crippen LogP contribution in [0.3, 0.4) is 0 Å². The molecule has 0 atom stereocenters. The smallest absolute Gasteiger partial charge is 0.243 e. The van der Waals surface area contributed by atoms with Crippen molar-refractivity contribution in [3.63, 3.8) is 0 Å². The number of likely N-dealkylation sites (N-methyl/N-ethyl adjacent to an activating group) is 1. The van der Waals surface area contributed by atoms with Crippen molar-refractivity contribution < 1.29 is 9.53 Å². The third-order valence-corrected chi connectivity index (χ3v) is 4.23. The maximum Gasteiger partial charge on any atom is 0.243 e. The number of hydrogen-bond donors (Lipinski definition) is 2. The Kier molecular flexibility index (Phi) is 15.3. The lowest BCUT2D eigenvalue weighted by molar-refractivity contribution is -0.127. The standard InChI is InChI=1S/C18H36N4O2.HI/c1-4-19-18(21-15-17(23)22(2)3)20-13-9-6-10-14-24-16-11-7-5-8-12-16;/h16H,4-15H2,1-3H3,(H2,19,20,21);1H. The molecule has 0 aliphatic heterocycles. The molecule has 0 aromatic heterocycles. The van der Waals surface area contributed by atoms with Crippen LogP contribution in [-0.4, -0.2) is 63.2 Å². The Morgan fingerprint density at radius 1 is 1.12 bits per heavy atom. The molecule has 1 amide bonds. The molecule has 0 radical (unpaired) electrons. The minimum absolute atomic E-state index is 0. The van der Waals surface area contributed by atoms with Gasteiger partial charge in [-0.1, -0.05) is 19.3 Å². The quantitative estimate of drug-likeness (QED) is 0.224. The second-order valence-corrected chi connectivity index (χ2v) is 6.60. The minimum atomic E-state index is 0. The molecule has 1 aliphatic carbocycles. The van der Waals surface area contributed by atoms with Crippen LogP contribution in [0.1, 0.15) is 58.3 Å². The van der Waals surface area contributed by atoms with Crippen molar-refractivity contribution in [3.8, 4) is 0 Å². The number of nitrogens with zero attached hydrogens (tertiary/aromatic N) is 2. The number of unbranched alkanes of at least 4 members (excludes halogenated alkanes) is 2. The van der Waals surface area contributed by atoms with E-state index in [0.29, 0.717) is 12.1 Å². The second kappa shape index (κ2) is 15.7. The highest BCUT2D eigenvalue weighted by molar-refractivity contribution is 14.0. The highest BCUT2D eigenvalue weighted by Gasteiger charge is 2.12. The number of nitrogens with one attached hydrogen (secondary N) is 2. The van der Waals surface area contributed by atoms with Gasteiger partial charge in [0.2, 0.25) is 5.91 Å². The van der Waals surface area contributed by atoms with Gasteiger partial charge in [0.05, 0.1) is 6.10 Å². The van der Waals surface area contributed by atoms with E-state index in [1.165, 1.54) is 32.1 Å². The molecule has 0 saturated heterocycles. The van der Waals surface area contributed by atoms with Gasteiger partial charge in [0.15, 0.2) is 5.96 Å². The number of guanidine groups is 1. The van der Waals surface area contributed by atoms with Crippen molar-refractivity contribution >= 4 is 35.8 Å². The van der Waals surface area contributed by atoms with Gasteiger partial charge in [0.1, 0.15) is 6.54 Å². The van der Waals surface area contributed by atoms with Crippen LogP contribution < -0.4 is 10.6 Å². The maximum atomic E-state index is 11.6. The predicted octanol–water partition coefficient (Wildman–Crippen LogP) is 2.77. The summed E-state index contributed by atoms with van der Waals surface area (Å²) in [6, 6.07) is 0. The van der Waals surface area contributed by atoms with Crippen molar-refractivity contribution in [2.45, 2.75) is 64.4 Å². The summed E-state index contributed by atoms with van der Waals surface area (Å²) in [6.45, 7) is 4.74. The average Bonchev–Trinajstić information content (AvgIpc) is 2.59. The van der Waals surface area contributed by atoms with Gasteiger partial charge in [0, 0.05) is 33.8 Å². The Morgan fingerprint density at radius 3 is 2.48 bits per heavy atom. The fraction of sp³-hybridized carbons (Fsp3) is 0.889. The van der Waals surface area contributed by atoms with Gasteiger partial charge in [-0.15, -0.1) is 24.0 Å². The lowest BCUT2D eigenvalue weighted by Gasteiger charge is -2.21. The molecule has 0 aromatic rings. The van der Waals surface area contributed by atoms with E-state index in [4.69, 9.17) is 4.74 Å². The van der Waals surface area contributed by atoms with Crippen LogP contribution in [0.2, 0.25) is 0 Å². The number of amides is 1. The van der Waals surface area contributed by atoms with E-state index in [1.807, 2.05) is 6.92 Å². The van der Waals surface area contributed by atoms with Crippen molar-refractivity contribution in [3.05, 3.63) is 0 Å². The predicted molar refractivity (Wildman–Crippen MR) is 115 cm³/mol. The van der Waals surface area contributed by atoms with Crippen LogP contribution in [0, 0.1) is 0 Å². The van der Waals surface area contributed by atoms with E-state index in [2.05, 4.69) is 15.6 Å². The largest absolute Gasteiger partial charge is 0.378 e. The summed E-state index contributed by atoms with van der Waals surface area (Å²) in [6.07, 6.45) is 10.4. The van der Waals surface area contributed by atoms with E-state index in [0.717, 1.165) is 39.0 Å². The molecular formula is C18H37IN4O2. The van der Waals surface area contributed by atoms with Crippen LogP contribution in [-0.2, 0) is 9.53 Å². The molecule has 148 valence electrons. The van der Waals surface area contributed by atoms with Gasteiger partial charge >= 0.3 is 0 Å². The molecule has 0 bridgehead atoms. The fourth-order valence-corrected chi connectivity index (χ4v) is 2.72. The summed E-state index contributed by atoms with van der Waals surface area (Å²) in [5.41, 5.74) is 0. The molecule has 6 nitrogen and oxygen atoms in total. The Morgan fingerprint density at radius 2 is 1.84 bits per heavy atom. The molecule has 0 spiro atoms. The SMILES string of the molecule is CCNC(=NCC(=O)N(C)C)NCCCCCOC1CCCCC1.I. The molecule has 0 heterocycles. The summed E-state index contributed by atoms with van der Waals surface area (Å²) >= 11 is 0. The third kappa shape index (κ3) is 12.4. The molecule has 2 N–H and O–H groups in total. The van der Waals surface area contributed by atoms with E-state index >= 15 is 0 Å². The molecule has 1 fully saturated rings. The van der Waals surface area contributed by atoms with Gasteiger partial charge in [-0.3, -0.25) is 4.79 Å². The first-order valence-electron chi connectivity index (χ1n) is 9.47. The topological polar surface area (TPSA) is 66.0 Å². The summed E-state index contributed by atoms with van der Waals surface area (Å²) in [4.78, 5) is 17.4. The number of aliphatic imine (C=N–C) groups is 1. The van der Waals surface area contributed by atoms with Crippen LogP contribution in [0.4, 0.5) is 0 Å². The fourth-order valence-electron chi connectivity index (χ4n) is 2.72. The Hall–Kier alpha value is -0.570.